The molecule has 0 amide bonds. The highest BCUT2D eigenvalue weighted by Gasteiger charge is 2.05. The number of nitrogens with one attached hydrogen (secondary N) is 1. The summed E-state index contributed by atoms with van der Waals surface area (Å²) in [5.74, 6) is 0.921. The highest BCUT2D eigenvalue weighted by Crippen LogP contribution is 2.22. The molecule has 21 heavy (non-hydrogen) atoms. The van der Waals surface area contributed by atoms with Crippen LogP contribution in [0.2, 0.25) is 0 Å². The van der Waals surface area contributed by atoms with Gasteiger partial charge in [0.05, 0.1) is 7.11 Å². The van der Waals surface area contributed by atoms with Gasteiger partial charge in [-0.05, 0) is 52.2 Å². The second-order valence-electron chi connectivity index (χ2n) is 4.55. The van der Waals surface area contributed by atoms with Gasteiger partial charge in [-0.25, -0.2) is 0 Å². The molecule has 2 rings (SSSR count). The Balaban J connectivity index is 1.97. The molecular formula is C16H17BrN2OS. The molecule has 0 saturated heterocycles. The summed E-state index contributed by atoms with van der Waals surface area (Å²) in [6.07, 6.45) is 0.888. The highest BCUT2D eigenvalue weighted by molar-refractivity contribution is 9.10. The van der Waals surface area contributed by atoms with Crippen LogP contribution in [0.5, 0.6) is 5.75 Å². The van der Waals surface area contributed by atoms with Crippen molar-refractivity contribution in [2.24, 2.45) is 5.73 Å². The van der Waals surface area contributed by atoms with Crippen LogP contribution in [0, 0.1) is 0 Å². The summed E-state index contributed by atoms with van der Waals surface area (Å²) in [4.78, 5) is 0.391. The second-order valence-corrected chi connectivity index (χ2v) is 5.84. The number of methoxy groups -OCH3 is 1. The smallest absolute Gasteiger partial charge is 0.122 e. The molecule has 2 aromatic carbocycles. The van der Waals surface area contributed by atoms with E-state index in [2.05, 4.69) is 27.3 Å². The number of halogens is 1. The zero-order chi connectivity index (χ0) is 15.2. The lowest BCUT2D eigenvalue weighted by Crippen LogP contribution is -2.11. The Labute approximate surface area is 138 Å². The maximum atomic E-state index is 5.64. The predicted molar refractivity (Wildman–Crippen MR) is 95.2 cm³/mol. The lowest BCUT2D eigenvalue weighted by molar-refractivity contribution is 0.410. The van der Waals surface area contributed by atoms with Gasteiger partial charge in [-0.3, -0.25) is 0 Å². The Hall–Kier alpha value is -1.59. The van der Waals surface area contributed by atoms with E-state index < -0.39 is 0 Å². The summed E-state index contributed by atoms with van der Waals surface area (Å²) in [6, 6.07) is 13.9. The first-order valence-electron chi connectivity index (χ1n) is 6.57. The number of benzene rings is 2. The molecule has 0 unspecified atom stereocenters. The summed E-state index contributed by atoms with van der Waals surface area (Å²) in [6.45, 7) is 0.819. The van der Waals surface area contributed by atoms with Crippen molar-refractivity contribution in [3.05, 3.63) is 58.1 Å². The van der Waals surface area contributed by atoms with Crippen LogP contribution in [0.15, 0.2) is 46.9 Å². The van der Waals surface area contributed by atoms with Gasteiger partial charge in [0.1, 0.15) is 10.7 Å². The predicted octanol–water partition coefficient (Wildman–Crippen LogP) is 3.75. The van der Waals surface area contributed by atoms with Gasteiger partial charge in [-0.2, -0.15) is 0 Å². The van der Waals surface area contributed by atoms with Gasteiger partial charge in [-0.15, -0.1) is 0 Å². The maximum absolute atomic E-state index is 5.64. The van der Waals surface area contributed by atoms with Crippen LogP contribution in [0.4, 0.5) is 5.69 Å². The fraction of sp³-hybridized carbons (Fsp3) is 0.188. The number of thiocarbonyl (C=S) groups is 1. The van der Waals surface area contributed by atoms with Crippen molar-refractivity contribution in [2.45, 2.75) is 6.42 Å². The zero-order valence-corrected chi connectivity index (χ0v) is 14.1. The number of nitrogens with two attached hydrogens (primary N) is 1. The fourth-order valence-corrected chi connectivity index (χ4v) is 2.98. The number of anilines is 1. The molecule has 0 aromatic heterocycles. The van der Waals surface area contributed by atoms with Crippen LogP contribution in [0.1, 0.15) is 11.1 Å². The molecule has 0 saturated carbocycles. The van der Waals surface area contributed by atoms with Crippen LogP contribution in [0.25, 0.3) is 0 Å². The molecule has 0 aliphatic heterocycles. The van der Waals surface area contributed by atoms with Gasteiger partial charge < -0.3 is 15.8 Å². The van der Waals surface area contributed by atoms with Gasteiger partial charge >= 0.3 is 0 Å². The third-order valence-corrected chi connectivity index (χ3v) is 4.03. The van der Waals surface area contributed by atoms with Crippen molar-refractivity contribution in [1.82, 2.24) is 0 Å². The Morgan fingerprint density at radius 2 is 2.05 bits per heavy atom. The molecule has 3 nitrogen and oxygen atoms in total. The van der Waals surface area contributed by atoms with Crippen molar-refractivity contribution in [3.8, 4) is 5.75 Å². The van der Waals surface area contributed by atoms with E-state index in [1.165, 1.54) is 5.56 Å². The van der Waals surface area contributed by atoms with Crippen molar-refractivity contribution in [1.29, 1.82) is 0 Å². The molecule has 2 aromatic rings. The normalized spacial score (nSPS) is 10.2. The van der Waals surface area contributed by atoms with Crippen LogP contribution in [0.3, 0.4) is 0 Å². The van der Waals surface area contributed by atoms with E-state index in [9.17, 15) is 0 Å². The van der Waals surface area contributed by atoms with Crippen molar-refractivity contribution >= 4 is 38.8 Å². The van der Waals surface area contributed by atoms with E-state index in [1.54, 1.807) is 7.11 Å². The van der Waals surface area contributed by atoms with Crippen molar-refractivity contribution < 1.29 is 4.74 Å². The molecule has 0 aliphatic carbocycles. The van der Waals surface area contributed by atoms with Gasteiger partial charge in [-0.1, -0.05) is 30.4 Å². The second kappa shape index (κ2) is 7.43. The van der Waals surface area contributed by atoms with Gasteiger partial charge in [0.2, 0.25) is 0 Å². The zero-order valence-electron chi connectivity index (χ0n) is 11.7. The average Bonchev–Trinajstić information content (AvgIpc) is 2.47. The highest BCUT2D eigenvalue weighted by atomic mass is 79.9. The van der Waals surface area contributed by atoms with Crippen molar-refractivity contribution in [2.75, 3.05) is 19.0 Å². The first kappa shape index (κ1) is 15.8. The summed E-state index contributed by atoms with van der Waals surface area (Å²) >= 11 is 8.47. The standard InChI is InChI=1S/C16H17BrN2OS/c1-20-15-5-3-2-4-11(15)8-9-19-12-6-7-13(16(18)21)14(17)10-12/h2-7,10,19H,8-9H2,1H3,(H2,18,21). The minimum Gasteiger partial charge on any atom is -0.496 e. The minimum atomic E-state index is 0.391. The summed E-state index contributed by atoms with van der Waals surface area (Å²) in [5.41, 5.74) is 8.70. The molecule has 3 N–H and O–H groups in total. The Morgan fingerprint density at radius 3 is 2.71 bits per heavy atom. The van der Waals surface area contributed by atoms with E-state index in [-0.39, 0.29) is 0 Å². The summed E-state index contributed by atoms with van der Waals surface area (Å²) < 4.78 is 6.25. The van der Waals surface area contributed by atoms with E-state index in [0.29, 0.717) is 4.99 Å². The SMILES string of the molecule is COc1ccccc1CCNc1ccc(C(N)=S)c(Br)c1. The molecule has 0 spiro atoms. The lowest BCUT2D eigenvalue weighted by Gasteiger charge is -2.11. The third-order valence-electron chi connectivity index (χ3n) is 3.15. The summed E-state index contributed by atoms with van der Waals surface area (Å²) in [7, 11) is 1.69. The fourth-order valence-electron chi connectivity index (χ4n) is 2.08. The Kier molecular flexibility index (Phi) is 5.59. The molecule has 0 heterocycles. The molecule has 0 aliphatic rings. The van der Waals surface area contributed by atoms with Crippen LogP contribution in [-0.2, 0) is 6.42 Å². The topological polar surface area (TPSA) is 47.3 Å². The van der Waals surface area contributed by atoms with Gasteiger partial charge in [0, 0.05) is 22.3 Å². The van der Waals surface area contributed by atoms with E-state index in [1.807, 2.05) is 36.4 Å². The first-order chi connectivity index (χ1) is 10.1. The quantitative estimate of drug-likeness (QED) is 0.766. The van der Waals surface area contributed by atoms with E-state index in [0.717, 1.165) is 34.4 Å². The molecule has 0 bridgehead atoms. The van der Waals surface area contributed by atoms with Gasteiger partial charge in [0.15, 0.2) is 0 Å². The van der Waals surface area contributed by atoms with Crippen molar-refractivity contribution in [3.63, 3.8) is 0 Å². The number of ether oxygens (including phenoxy) is 1. The number of rotatable bonds is 6. The van der Waals surface area contributed by atoms with E-state index in [4.69, 9.17) is 22.7 Å². The maximum Gasteiger partial charge on any atom is 0.122 e. The number of hydrogen-bond donors (Lipinski definition) is 2. The van der Waals surface area contributed by atoms with Crippen LogP contribution >= 0.6 is 28.1 Å². The third kappa shape index (κ3) is 4.19. The molecular weight excluding hydrogens is 348 g/mol. The Morgan fingerprint density at radius 1 is 1.29 bits per heavy atom. The van der Waals surface area contributed by atoms with Crippen LogP contribution in [-0.4, -0.2) is 18.6 Å². The van der Waals surface area contributed by atoms with Gasteiger partial charge in [0.25, 0.3) is 0 Å². The van der Waals surface area contributed by atoms with Crippen LogP contribution < -0.4 is 15.8 Å². The molecule has 5 heteroatoms. The molecule has 0 fully saturated rings. The molecule has 110 valence electrons. The lowest BCUT2D eigenvalue weighted by atomic mass is 10.1. The minimum absolute atomic E-state index is 0.391. The first-order valence-corrected chi connectivity index (χ1v) is 7.77. The monoisotopic (exact) mass is 364 g/mol. The number of para-hydroxylation sites is 1. The molecule has 0 atom stereocenters. The molecule has 0 radical (unpaired) electrons. The summed E-state index contributed by atoms with van der Waals surface area (Å²) in [5, 5.41) is 3.38. The average molecular weight is 365 g/mol. The largest absolute Gasteiger partial charge is 0.496 e. The Bertz CT molecular complexity index is 646. The van der Waals surface area contributed by atoms with E-state index >= 15 is 0 Å². The number of hydrogen-bond acceptors (Lipinski definition) is 3.